The van der Waals surface area contributed by atoms with Crippen LogP contribution < -0.4 is 13.8 Å². The minimum Gasteiger partial charge on any atom is -0.510 e. The standard InChI is InChI=1S/C31H49NO2Si/c1-28(2,3)20-16-22(30(7,8)9)26-24(18-20)32(13)25-19-21(29(4,5)6)17-23(31(10,11)12)27(25)34-35(14,15)33-26/h16-19H,1-15H3. The molecule has 0 atom stereocenters. The van der Waals surface area contributed by atoms with Gasteiger partial charge in [0.2, 0.25) is 0 Å². The summed E-state index contributed by atoms with van der Waals surface area (Å²) in [5, 5.41) is 0. The molecule has 3 rings (SSSR count). The fourth-order valence-electron chi connectivity index (χ4n) is 4.56. The first-order valence-corrected chi connectivity index (χ1v) is 15.8. The highest BCUT2D eigenvalue weighted by molar-refractivity contribution is 6.66. The minimum absolute atomic E-state index is 0.0222. The molecule has 3 nitrogen and oxygen atoms in total. The fraction of sp³-hybridized carbons (Fsp3) is 0.613. The lowest BCUT2D eigenvalue weighted by molar-refractivity contribution is 0.380. The molecule has 0 radical (unpaired) electrons. The normalized spacial score (nSPS) is 16.5. The lowest BCUT2D eigenvalue weighted by atomic mass is 9.79. The molecule has 35 heavy (non-hydrogen) atoms. The smallest absolute Gasteiger partial charge is 0.454 e. The van der Waals surface area contributed by atoms with Crippen molar-refractivity contribution >= 4 is 19.9 Å². The summed E-state index contributed by atoms with van der Waals surface area (Å²) in [6.45, 7) is 31.7. The highest BCUT2D eigenvalue weighted by Gasteiger charge is 2.40. The van der Waals surface area contributed by atoms with E-state index in [-0.39, 0.29) is 21.7 Å². The molecule has 0 aromatic heterocycles. The topological polar surface area (TPSA) is 21.7 Å². The molecule has 0 aliphatic carbocycles. The quantitative estimate of drug-likeness (QED) is 0.340. The van der Waals surface area contributed by atoms with Crippen molar-refractivity contribution in [1.29, 1.82) is 0 Å². The average molecular weight is 496 g/mol. The van der Waals surface area contributed by atoms with Gasteiger partial charge in [0.1, 0.15) is 11.5 Å². The van der Waals surface area contributed by atoms with Gasteiger partial charge in [0, 0.05) is 31.3 Å². The van der Waals surface area contributed by atoms with Crippen molar-refractivity contribution in [2.24, 2.45) is 0 Å². The summed E-state index contributed by atoms with van der Waals surface area (Å²) in [5.41, 5.74) is 7.28. The molecule has 0 N–H and O–H groups in total. The van der Waals surface area contributed by atoms with Gasteiger partial charge >= 0.3 is 8.56 Å². The van der Waals surface area contributed by atoms with Crippen LogP contribution in [0.5, 0.6) is 11.5 Å². The van der Waals surface area contributed by atoms with Crippen molar-refractivity contribution in [1.82, 2.24) is 0 Å². The van der Waals surface area contributed by atoms with Crippen molar-refractivity contribution < 1.29 is 8.85 Å². The van der Waals surface area contributed by atoms with Crippen LogP contribution in [0, 0.1) is 0 Å². The second kappa shape index (κ2) is 8.29. The molecule has 0 amide bonds. The number of nitrogens with zero attached hydrogens (tertiary/aromatic N) is 1. The number of fused-ring (bicyclic) bond motifs is 2. The molecule has 1 aliphatic heterocycles. The van der Waals surface area contributed by atoms with Crippen LogP contribution in [0.15, 0.2) is 24.3 Å². The first-order valence-electron chi connectivity index (χ1n) is 13.0. The van der Waals surface area contributed by atoms with Gasteiger partial charge in [-0.05, 0) is 44.9 Å². The Hall–Kier alpha value is -1.94. The minimum atomic E-state index is -2.58. The van der Waals surface area contributed by atoms with E-state index in [0.717, 1.165) is 22.9 Å². The highest BCUT2D eigenvalue weighted by atomic mass is 28.4. The second-order valence-electron chi connectivity index (χ2n) is 14.9. The Morgan fingerprint density at radius 2 is 0.857 bits per heavy atom. The third-order valence-corrected chi connectivity index (χ3v) is 8.30. The zero-order chi connectivity index (χ0) is 26.9. The van der Waals surface area contributed by atoms with Crippen molar-refractivity contribution in [2.45, 2.75) is 118 Å². The van der Waals surface area contributed by atoms with Crippen LogP contribution in [0.1, 0.15) is 105 Å². The molecule has 0 saturated heterocycles. The monoisotopic (exact) mass is 495 g/mol. The fourth-order valence-corrected chi connectivity index (χ4v) is 6.02. The molecule has 0 unspecified atom stereocenters. The predicted octanol–water partition coefficient (Wildman–Crippen LogP) is 9.12. The summed E-state index contributed by atoms with van der Waals surface area (Å²) in [7, 11) is -0.410. The Balaban J connectivity index is 2.49. The van der Waals surface area contributed by atoms with Crippen LogP contribution in [0.3, 0.4) is 0 Å². The van der Waals surface area contributed by atoms with Crippen molar-refractivity contribution in [3.63, 3.8) is 0 Å². The Kier molecular flexibility index (Phi) is 6.55. The summed E-state index contributed by atoms with van der Waals surface area (Å²) in [4.78, 5) is 2.31. The maximum Gasteiger partial charge on any atom is 0.454 e. The van der Waals surface area contributed by atoms with Gasteiger partial charge in [0.05, 0.1) is 11.4 Å². The van der Waals surface area contributed by atoms with E-state index in [0.29, 0.717) is 0 Å². The van der Waals surface area contributed by atoms with Crippen LogP contribution >= 0.6 is 0 Å². The molecular formula is C31H49NO2Si. The summed E-state index contributed by atoms with van der Waals surface area (Å²) < 4.78 is 13.8. The maximum atomic E-state index is 6.92. The van der Waals surface area contributed by atoms with Gasteiger partial charge in [-0.25, -0.2) is 0 Å². The molecular weight excluding hydrogens is 446 g/mol. The van der Waals surface area contributed by atoms with Crippen molar-refractivity contribution in [2.75, 3.05) is 11.9 Å². The zero-order valence-electron chi connectivity index (χ0n) is 25.1. The molecule has 1 aliphatic rings. The van der Waals surface area contributed by atoms with Crippen LogP contribution in [-0.4, -0.2) is 15.6 Å². The Labute approximate surface area is 216 Å². The van der Waals surface area contributed by atoms with Crippen molar-refractivity contribution in [3.8, 4) is 11.5 Å². The molecule has 0 bridgehead atoms. The van der Waals surface area contributed by atoms with Crippen LogP contribution in [0.2, 0.25) is 13.1 Å². The third-order valence-electron chi connectivity index (χ3n) is 6.91. The SMILES string of the molecule is CN1c2cc(C(C)(C)C)cc(C(C)(C)C)c2O[Si](C)(C)Oc2c1cc(C(C)(C)C)cc2C(C)(C)C. The Morgan fingerprint density at radius 1 is 0.543 bits per heavy atom. The largest absolute Gasteiger partial charge is 0.510 e. The molecule has 0 fully saturated rings. The number of anilines is 2. The molecule has 0 saturated carbocycles. The predicted molar refractivity (Wildman–Crippen MR) is 154 cm³/mol. The van der Waals surface area contributed by atoms with Crippen LogP contribution in [0.4, 0.5) is 11.4 Å². The Morgan fingerprint density at radius 3 is 1.11 bits per heavy atom. The van der Waals surface area contributed by atoms with Gasteiger partial charge in [-0.2, -0.15) is 0 Å². The van der Waals surface area contributed by atoms with E-state index in [2.05, 4.69) is 132 Å². The lowest BCUT2D eigenvalue weighted by Crippen LogP contribution is -2.44. The van der Waals surface area contributed by atoms with Crippen LogP contribution in [-0.2, 0) is 21.7 Å². The van der Waals surface area contributed by atoms with E-state index in [9.17, 15) is 0 Å². The Bertz CT molecular complexity index is 1030. The first-order chi connectivity index (χ1) is 15.5. The van der Waals surface area contributed by atoms with Gasteiger partial charge in [-0.1, -0.05) is 95.2 Å². The van der Waals surface area contributed by atoms with E-state index < -0.39 is 8.56 Å². The molecule has 0 spiro atoms. The molecule has 2 aromatic carbocycles. The lowest BCUT2D eigenvalue weighted by Gasteiger charge is -2.40. The number of rotatable bonds is 0. The number of benzene rings is 2. The van der Waals surface area contributed by atoms with Gasteiger partial charge in [0.15, 0.2) is 0 Å². The van der Waals surface area contributed by atoms with Gasteiger partial charge < -0.3 is 13.8 Å². The zero-order valence-corrected chi connectivity index (χ0v) is 26.1. The summed E-state index contributed by atoms with van der Waals surface area (Å²) in [6, 6.07) is 9.38. The number of hydrogen-bond acceptors (Lipinski definition) is 3. The summed E-state index contributed by atoms with van der Waals surface area (Å²) in [5.74, 6) is 1.93. The molecule has 1 heterocycles. The highest BCUT2D eigenvalue weighted by Crippen LogP contribution is 2.51. The summed E-state index contributed by atoms with van der Waals surface area (Å²) in [6.07, 6.45) is 0. The molecule has 194 valence electrons. The third kappa shape index (κ3) is 5.58. The van der Waals surface area contributed by atoms with Crippen molar-refractivity contribution in [3.05, 3.63) is 46.5 Å². The maximum absolute atomic E-state index is 6.92. The van der Waals surface area contributed by atoms with Gasteiger partial charge in [0.25, 0.3) is 0 Å². The summed E-state index contributed by atoms with van der Waals surface area (Å²) >= 11 is 0. The molecule has 4 heteroatoms. The van der Waals surface area contributed by atoms with E-state index in [4.69, 9.17) is 8.85 Å². The first kappa shape index (κ1) is 27.6. The van der Waals surface area contributed by atoms with E-state index in [1.807, 2.05) is 0 Å². The van der Waals surface area contributed by atoms with Gasteiger partial charge in [-0.3, -0.25) is 0 Å². The van der Waals surface area contributed by atoms with E-state index >= 15 is 0 Å². The van der Waals surface area contributed by atoms with E-state index in [1.165, 1.54) is 22.3 Å². The average Bonchev–Trinajstić information content (AvgIpc) is 2.62. The van der Waals surface area contributed by atoms with Crippen LogP contribution in [0.25, 0.3) is 0 Å². The van der Waals surface area contributed by atoms with E-state index in [1.54, 1.807) is 0 Å². The van der Waals surface area contributed by atoms with Gasteiger partial charge in [-0.15, -0.1) is 0 Å². The molecule has 2 aromatic rings. The second-order valence-corrected chi connectivity index (χ2v) is 18.1. The number of hydrogen-bond donors (Lipinski definition) is 0.